The van der Waals surface area contributed by atoms with Gasteiger partial charge < -0.3 is 15.1 Å². The number of benzene rings is 1. The largest absolute Gasteiger partial charge is 0.469 e. The zero-order valence-electron chi connectivity index (χ0n) is 11.6. The van der Waals surface area contributed by atoms with Crippen molar-refractivity contribution < 1.29 is 4.42 Å². The normalized spacial score (nSPS) is 12.9. The Labute approximate surface area is 118 Å². The predicted molar refractivity (Wildman–Crippen MR) is 79.6 cm³/mol. The van der Waals surface area contributed by atoms with E-state index in [1.54, 1.807) is 6.26 Å². The smallest absolute Gasteiger partial charge is 0.107 e. The highest BCUT2D eigenvalue weighted by Crippen LogP contribution is 2.16. The molecule has 0 aliphatic rings. The minimum Gasteiger partial charge on any atom is -0.469 e. The third-order valence-corrected chi connectivity index (χ3v) is 3.34. The lowest BCUT2D eigenvalue weighted by atomic mass is 10.1. The van der Waals surface area contributed by atoms with Gasteiger partial charge in [0.25, 0.3) is 0 Å². The van der Waals surface area contributed by atoms with Crippen molar-refractivity contribution in [2.24, 2.45) is 5.73 Å². The van der Waals surface area contributed by atoms with E-state index in [0.717, 1.165) is 41.9 Å². The summed E-state index contributed by atoms with van der Waals surface area (Å²) in [5.41, 5.74) is 9.17. The first-order valence-electron chi connectivity index (χ1n) is 6.96. The summed E-state index contributed by atoms with van der Waals surface area (Å²) < 4.78 is 5.34. The van der Waals surface area contributed by atoms with Gasteiger partial charge in [-0.25, -0.2) is 4.98 Å². The van der Waals surface area contributed by atoms with E-state index in [2.05, 4.69) is 28.2 Å². The van der Waals surface area contributed by atoms with Gasteiger partial charge in [-0.2, -0.15) is 0 Å². The lowest BCUT2D eigenvalue weighted by Gasteiger charge is -2.04. The van der Waals surface area contributed by atoms with Crippen LogP contribution in [-0.2, 0) is 19.3 Å². The molecule has 4 nitrogen and oxygen atoms in total. The van der Waals surface area contributed by atoms with Gasteiger partial charge in [-0.15, -0.1) is 0 Å². The van der Waals surface area contributed by atoms with Gasteiger partial charge in [-0.1, -0.05) is 6.07 Å². The maximum Gasteiger partial charge on any atom is 0.107 e. The number of hydrogen-bond acceptors (Lipinski definition) is 3. The summed E-state index contributed by atoms with van der Waals surface area (Å²) >= 11 is 0. The first-order chi connectivity index (χ1) is 9.70. The molecule has 2 aromatic heterocycles. The Bertz CT molecular complexity index is 683. The van der Waals surface area contributed by atoms with E-state index in [-0.39, 0.29) is 6.04 Å². The first-order valence-corrected chi connectivity index (χ1v) is 6.96. The molecule has 4 heteroatoms. The first kappa shape index (κ1) is 12.9. The van der Waals surface area contributed by atoms with Crippen molar-refractivity contribution in [1.82, 2.24) is 9.97 Å². The number of nitrogens with two attached hydrogens (primary N) is 1. The molecule has 0 aliphatic carbocycles. The number of H-pyrrole nitrogens is 1. The van der Waals surface area contributed by atoms with Crippen molar-refractivity contribution in [1.29, 1.82) is 0 Å². The highest BCUT2D eigenvalue weighted by molar-refractivity contribution is 5.75. The van der Waals surface area contributed by atoms with E-state index in [9.17, 15) is 0 Å². The molecule has 1 unspecified atom stereocenters. The van der Waals surface area contributed by atoms with Crippen molar-refractivity contribution >= 4 is 11.0 Å². The average molecular weight is 269 g/mol. The second kappa shape index (κ2) is 5.51. The van der Waals surface area contributed by atoms with Crippen molar-refractivity contribution in [3.63, 3.8) is 0 Å². The number of aromatic amines is 1. The van der Waals surface area contributed by atoms with Gasteiger partial charge >= 0.3 is 0 Å². The molecular weight excluding hydrogens is 250 g/mol. The van der Waals surface area contributed by atoms with E-state index in [1.807, 2.05) is 19.1 Å². The SMILES string of the molecule is CC(N)Cc1ccc2nc(CCc3ccco3)[nH]c2c1. The van der Waals surface area contributed by atoms with Crippen LogP contribution in [0.5, 0.6) is 0 Å². The number of aromatic nitrogens is 2. The van der Waals surface area contributed by atoms with Crippen LogP contribution in [0.4, 0.5) is 0 Å². The summed E-state index contributed by atoms with van der Waals surface area (Å²) in [5, 5.41) is 0. The van der Waals surface area contributed by atoms with Gasteiger partial charge in [0, 0.05) is 18.9 Å². The highest BCUT2D eigenvalue weighted by atomic mass is 16.3. The molecule has 0 bridgehead atoms. The van der Waals surface area contributed by atoms with Crippen molar-refractivity contribution in [2.75, 3.05) is 0 Å². The Hall–Kier alpha value is -2.07. The van der Waals surface area contributed by atoms with Crippen molar-refractivity contribution in [3.8, 4) is 0 Å². The number of fused-ring (bicyclic) bond motifs is 1. The second-order valence-corrected chi connectivity index (χ2v) is 5.30. The summed E-state index contributed by atoms with van der Waals surface area (Å²) in [7, 11) is 0. The minimum atomic E-state index is 0.175. The number of hydrogen-bond donors (Lipinski definition) is 2. The summed E-state index contributed by atoms with van der Waals surface area (Å²) in [6.07, 6.45) is 4.30. The van der Waals surface area contributed by atoms with Crippen LogP contribution in [0.15, 0.2) is 41.0 Å². The highest BCUT2D eigenvalue weighted by Gasteiger charge is 2.06. The Morgan fingerprint density at radius 2 is 2.20 bits per heavy atom. The summed E-state index contributed by atoms with van der Waals surface area (Å²) in [6.45, 7) is 2.02. The van der Waals surface area contributed by atoms with E-state index in [4.69, 9.17) is 10.2 Å². The van der Waals surface area contributed by atoms with Crippen molar-refractivity contribution in [2.45, 2.75) is 32.2 Å². The van der Waals surface area contributed by atoms with Crippen LogP contribution in [-0.4, -0.2) is 16.0 Å². The number of furan rings is 1. The Morgan fingerprint density at radius 3 is 2.95 bits per heavy atom. The Morgan fingerprint density at radius 1 is 1.30 bits per heavy atom. The van der Waals surface area contributed by atoms with Gasteiger partial charge in [0.1, 0.15) is 11.6 Å². The van der Waals surface area contributed by atoms with Crippen LogP contribution in [0.25, 0.3) is 11.0 Å². The molecular formula is C16H19N3O. The summed E-state index contributed by atoms with van der Waals surface area (Å²) in [4.78, 5) is 7.98. The van der Waals surface area contributed by atoms with E-state index < -0.39 is 0 Å². The van der Waals surface area contributed by atoms with Crippen LogP contribution in [0.3, 0.4) is 0 Å². The molecule has 0 saturated heterocycles. The fourth-order valence-corrected chi connectivity index (χ4v) is 2.42. The molecule has 0 amide bonds. The molecule has 20 heavy (non-hydrogen) atoms. The van der Waals surface area contributed by atoms with Crippen LogP contribution in [0.1, 0.15) is 24.1 Å². The predicted octanol–water partition coefficient (Wildman–Crippen LogP) is 2.83. The Balaban J connectivity index is 1.76. The molecule has 2 heterocycles. The maximum atomic E-state index is 5.84. The third-order valence-electron chi connectivity index (χ3n) is 3.34. The fraction of sp³-hybridized carbons (Fsp3) is 0.312. The van der Waals surface area contributed by atoms with Gasteiger partial charge in [0.15, 0.2) is 0 Å². The van der Waals surface area contributed by atoms with Gasteiger partial charge in [0.2, 0.25) is 0 Å². The minimum absolute atomic E-state index is 0.175. The maximum absolute atomic E-state index is 5.84. The van der Waals surface area contributed by atoms with E-state index in [0.29, 0.717) is 0 Å². The quantitative estimate of drug-likeness (QED) is 0.748. The topological polar surface area (TPSA) is 67.8 Å². The third kappa shape index (κ3) is 2.91. The molecule has 0 fully saturated rings. The van der Waals surface area contributed by atoms with E-state index in [1.165, 1.54) is 5.56 Å². The Kier molecular flexibility index (Phi) is 3.56. The number of nitrogens with zero attached hydrogens (tertiary/aromatic N) is 1. The molecule has 0 saturated carbocycles. The van der Waals surface area contributed by atoms with E-state index >= 15 is 0 Å². The van der Waals surface area contributed by atoms with Crippen molar-refractivity contribution in [3.05, 3.63) is 53.7 Å². The van der Waals surface area contributed by atoms with Gasteiger partial charge in [-0.05, 0) is 43.2 Å². The zero-order chi connectivity index (χ0) is 13.9. The lowest BCUT2D eigenvalue weighted by molar-refractivity contribution is 0.507. The lowest BCUT2D eigenvalue weighted by Crippen LogP contribution is -2.17. The molecule has 0 aliphatic heterocycles. The molecule has 0 spiro atoms. The summed E-state index contributed by atoms with van der Waals surface area (Å²) in [6, 6.07) is 10.4. The van der Waals surface area contributed by atoms with Gasteiger partial charge in [-0.3, -0.25) is 0 Å². The molecule has 1 atom stereocenters. The van der Waals surface area contributed by atoms with Crippen LogP contribution in [0, 0.1) is 0 Å². The monoisotopic (exact) mass is 269 g/mol. The van der Waals surface area contributed by atoms with Crippen LogP contribution < -0.4 is 5.73 Å². The summed E-state index contributed by atoms with van der Waals surface area (Å²) in [5.74, 6) is 1.98. The zero-order valence-corrected chi connectivity index (χ0v) is 11.6. The number of rotatable bonds is 5. The van der Waals surface area contributed by atoms with Crippen LogP contribution >= 0.6 is 0 Å². The molecule has 1 aromatic carbocycles. The number of aryl methyl sites for hydroxylation is 2. The molecule has 3 rings (SSSR count). The fourth-order valence-electron chi connectivity index (χ4n) is 2.42. The average Bonchev–Trinajstić information content (AvgIpc) is 3.04. The molecule has 3 aromatic rings. The standard InChI is InChI=1S/C16H19N3O/c1-11(17)9-12-4-6-14-15(10-12)19-16(18-14)7-5-13-3-2-8-20-13/h2-4,6,8,10-11H,5,7,9,17H2,1H3,(H,18,19). The number of nitrogens with one attached hydrogen (secondary N) is 1. The molecule has 104 valence electrons. The molecule has 0 radical (unpaired) electrons. The second-order valence-electron chi connectivity index (χ2n) is 5.30. The van der Waals surface area contributed by atoms with Gasteiger partial charge in [0.05, 0.1) is 17.3 Å². The van der Waals surface area contributed by atoms with Crippen LogP contribution in [0.2, 0.25) is 0 Å². The molecule has 3 N–H and O–H groups in total. The number of imidazole rings is 1.